The molecule has 0 amide bonds. The van der Waals surface area contributed by atoms with E-state index in [1.165, 1.54) is 11.1 Å². The number of hydrogen-bond acceptors (Lipinski definition) is 3. The van der Waals surface area contributed by atoms with Gasteiger partial charge in [-0.05, 0) is 35.7 Å². The second-order valence-corrected chi connectivity index (χ2v) is 4.89. The highest BCUT2D eigenvalue weighted by atomic mass is 16.5. The van der Waals surface area contributed by atoms with Crippen molar-refractivity contribution in [1.29, 1.82) is 0 Å². The summed E-state index contributed by atoms with van der Waals surface area (Å²) in [5.74, 6) is 0.867. The van der Waals surface area contributed by atoms with Gasteiger partial charge in [0.1, 0.15) is 5.82 Å². The standard InChI is InChI=1S/C15H13N3O/c1-9-4-5-16-15-13(9)17-14(18-15)10-2-3-11-7-19-8-12(11)6-10/h2-6H,7-8H2,1H3,(H,16,17,18). The van der Waals surface area contributed by atoms with Gasteiger partial charge in [0, 0.05) is 11.8 Å². The Morgan fingerprint density at radius 3 is 2.95 bits per heavy atom. The van der Waals surface area contributed by atoms with Gasteiger partial charge in [0.25, 0.3) is 0 Å². The molecule has 1 aromatic carbocycles. The van der Waals surface area contributed by atoms with Gasteiger partial charge < -0.3 is 9.72 Å². The molecule has 0 bridgehead atoms. The average molecular weight is 251 g/mol. The van der Waals surface area contributed by atoms with Gasteiger partial charge >= 0.3 is 0 Å². The van der Waals surface area contributed by atoms with E-state index in [2.05, 4.69) is 40.1 Å². The monoisotopic (exact) mass is 251 g/mol. The Morgan fingerprint density at radius 1 is 1.16 bits per heavy atom. The SMILES string of the molecule is Cc1ccnc2nc(-c3ccc4c(c3)COC4)[nH]c12. The highest BCUT2D eigenvalue weighted by Gasteiger charge is 2.14. The maximum Gasteiger partial charge on any atom is 0.178 e. The lowest BCUT2D eigenvalue weighted by atomic mass is 10.1. The molecule has 2 aromatic heterocycles. The number of aromatic nitrogens is 3. The fraction of sp³-hybridized carbons (Fsp3) is 0.200. The molecule has 3 heterocycles. The molecule has 4 heteroatoms. The number of nitrogens with zero attached hydrogens (tertiary/aromatic N) is 2. The van der Waals surface area contributed by atoms with Crippen molar-refractivity contribution in [2.45, 2.75) is 20.1 Å². The summed E-state index contributed by atoms with van der Waals surface area (Å²) in [5, 5.41) is 0. The molecular weight excluding hydrogens is 238 g/mol. The highest BCUT2D eigenvalue weighted by Crippen LogP contribution is 2.27. The van der Waals surface area contributed by atoms with E-state index in [0.717, 1.165) is 34.7 Å². The summed E-state index contributed by atoms with van der Waals surface area (Å²) in [6, 6.07) is 8.34. The topological polar surface area (TPSA) is 50.8 Å². The Hall–Kier alpha value is -2.20. The van der Waals surface area contributed by atoms with Crippen molar-refractivity contribution >= 4 is 11.2 Å². The van der Waals surface area contributed by atoms with Crippen molar-refractivity contribution in [2.24, 2.45) is 0 Å². The summed E-state index contributed by atoms with van der Waals surface area (Å²) in [7, 11) is 0. The molecule has 0 radical (unpaired) electrons. The second-order valence-electron chi connectivity index (χ2n) is 4.89. The van der Waals surface area contributed by atoms with Crippen molar-refractivity contribution in [3.05, 3.63) is 47.2 Å². The van der Waals surface area contributed by atoms with Crippen LogP contribution in [0.25, 0.3) is 22.6 Å². The van der Waals surface area contributed by atoms with Crippen LogP contribution in [0, 0.1) is 6.92 Å². The molecule has 19 heavy (non-hydrogen) atoms. The first kappa shape index (κ1) is 10.7. The Morgan fingerprint density at radius 2 is 2.05 bits per heavy atom. The van der Waals surface area contributed by atoms with Crippen molar-refractivity contribution in [1.82, 2.24) is 15.0 Å². The van der Waals surface area contributed by atoms with Crippen LogP contribution in [0.15, 0.2) is 30.5 Å². The van der Waals surface area contributed by atoms with Crippen LogP contribution in [0.2, 0.25) is 0 Å². The predicted molar refractivity (Wildman–Crippen MR) is 72.6 cm³/mol. The van der Waals surface area contributed by atoms with Gasteiger partial charge in [-0.3, -0.25) is 0 Å². The Bertz CT molecular complexity index is 776. The zero-order chi connectivity index (χ0) is 12.8. The summed E-state index contributed by atoms with van der Waals surface area (Å²) in [6.07, 6.45) is 1.79. The molecule has 0 aliphatic carbocycles. The number of rotatable bonds is 1. The molecule has 1 aliphatic rings. The minimum absolute atomic E-state index is 0.695. The first-order valence-corrected chi connectivity index (χ1v) is 6.32. The third kappa shape index (κ3) is 1.64. The molecule has 1 aliphatic heterocycles. The Labute approximate surface area is 110 Å². The molecule has 0 saturated carbocycles. The summed E-state index contributed by atoms with van der Waals surface area (Å²) in [6.45, 7) is 3.47. The molecule has 4 rings (SSSR count). The number of aromatic amines is 1. The molecule has 0 fully saturated rings. The first-order chi connectivity index (χ1) is 9.31. The van der Waals surface area contributed by atoms with Gasteiger partial charge in [-0.15, -0.1) is 0 Å². The third-order valence-corrected chi connectivity index (χ3v) is 3.60. The molecule has 4 nitrogen and oxygen atoms in total. The molecule has 94 valence electrons. The smallest absolute Gasteiger partial charge is 0.178 e. The summed E-state index contributed by atoms with van der Waals surface area (Å²) in [5.41, 5.74) is 6.55. The fourth-order valence-corrected chi connectivity index (χ4v) is 2.49. The summed E-state index contributed by atoms with van der Waals surface area (Å²) < 4.78 is 5.44. The van der Waals surface area contributed by atoms with Crippen molar-refractivity contribution in [3.63, 3.8) is 0 Å². The highest BCUT2D eigenvalue weighted by molar-refractivity contribution is 5.78. The van der Waals surface area contributed by atoms with Crippen molar-refractivity contribution < 1.29 is 4.74 Å². The van der Waals surface area contributed by atoms with Crippen molar-refractivity contribution in [2.75, 3.05) is 0 Å². The molecular formula is C15H13N3O. The van der Waals surface area contributed by atoms with Gasteiger partial charge in [0.05, 0.1) is 18.7 Å². The number of fused-ring (bicyclic) bond motifs is 2. The molecule has 0 spiro atoms. The largest absolute Gasteiger partial charge is 0.372 e. The lowest BCUT2D eigenvalue weighted by Crippen LogP contribution is -1.86. The van der Waals surface area contributed by atoms with Crippen LogP contribution in [0.4, 0.5) is 0 Å². The van der Waals surface area contributed by atoms with E-state index in [1.54, 1.807) is 6.20 Å². The maximum atomic E-state index is 5.44. The molecule has 0 unspecified atom stereocenters. The van der Waals surface area contributed by atoms with Crippen LogP contribution < -0.4 is 0 Å². The molecule has 1 N–H and O–H groups in total. The first-order valence-electron chi connectivity index (χ1n) is 6.32. The van der Waals surface area contributed by atoms with Crippen molar-refractivity contribution in [3.8, 4) is 11.4 Å². The number of hydrogen-bond donors (Lipinski definition) is 1. The number of ether oxygens (including phenoxy) is 1. The van der Waals surface area contributed by atoms with Gasteiger partial charge in [-0.2, -0.15) is 0 Å². The number of aryl methyl sites for hydroxylation is 1. The van der Waals surface area contributed by atoms with E-state index in [-0.39, 0.29) is 0 Å². The number of H-pyrrole nitrogens is 1. The zero-order valence-corrected chi connectivity index (χ0v) is 10.6. The minimum Gasteiger partial charge on any atom is -0.372 e. The summed E-state index contributed by atoms with van der Waals surface area (Å²) >= 11 is 0. The van der Waals surface area contributed by atoms with Gasteiger partial charge in [-0.1, -0.05) is 12.1 Å². The Kier molecular flexibility index (Phi) is 2.19. The summed E-state index contributed by atoms with van der Waals surface area (Å²) in [4.78, 5) is 12.2. The second kappa shape index (κ2) is 3.90. The minimum atomic E-state index is 0.695. The third-order valence-electron chi connectivity index (χ3n) is 3.60. The van der Waals surface area contributed by atoms with Crippen LogP contribution in [0.5, 0.6) is 0 Å². The quantitative estimate of drug-likeness (QED) is 0.723. The van der Waals surface area contributed by atoms with E-state index < -0.39 is 0 Å². The number of benzene rings is 1. The average Bonchev–Trinajstić information content (AvgIpc) is 3.04. The van der Waals surface area contributed by atoms with E-state index in [1.807, 2.05) is 6.07 Å². The maximum absolute atomic E-state index is 5.44. The molecule has 3 aromatic rings. The predicted octanol–water partition coefficient (Wildman–Crippen LogP) is 2.96. The van der Waals surface area contributed by atoms with E-state index in [9.17, 15) is 0 Å². The lowest BCUT2D eigenvalue weighted by Gasteiger charge is -2.00. The van der Waals surface area contributed by atoms with Gasteiger partial charge in [0.2, 0.25) is 0 Å². The van der Waals surface area contributed by atoms with Crippen LogP contribution in [0.3, 0.4) is 0 Å². The van der Waals surface area contributed by atoms with Crippen LogP contribution >= 0.6 is 0 Å². The fourth-order valence-electron chi connectivity index (χ4n) is 2.49. The number of nitrogens with one attached hydrogen (secondary N) is 1. The van der Waals surface area contributed by atoms with Gasteiger partial charge in [-0.25, -0.2) is 9.97 Å². The van der Waals surface area contributed by atoms with E-state index in [4.69, 9.17) is 4.74 Å². The zero-order valence-electron chi connectivity index (χ0n) is 10.6. The van der Waals surface area contributed by atoms with E-state index >= 15 is 0 Å². The molecule has 0 atom stereocenters. The van der Waals surface area contributed by atoms with Crippen LogP contribution in [0.1, 0.15) is 16.7 Å². The van der Waals surface area contributed by atoms with Gasteiger partial charge in [0.15, 0.2) is 5.65 Å². The lowest BCUT2D eigenvalue weighted by molar-refractivity contribution is 0.134. The van der Waals surface area contributed by atoms with Crippen LogP contribution in [-0.4, -0.2) is 15.0 Å². The number of pyridine rings is 1. The normalized spacial score (nSPS) is 13.9. The Balaban J connectivity index is 1.88. The molecule has 0 saturated heterocycles. The number of imidazole rings is 1. The van der Waals surface area contributed by atoms with Crippen LogP contribution in [-0.2, 0) is 18.0 Å². The van der Waals surface area contributed by atoms with E-state index in [0.29, 0.717) is 6.61 Å².